The minimum absolute atomic E-state index is 0.0756. The van der Waals surface area contributed by atoms with Gasteiger partial charge in [0.15, 0.2) is 5.82 Å². The molecule has 0 spiro atoms. The number of hydrogen-bond acceptors (Lipinski definition) is 5. The normalized spacial score (nSPS) is 13.5. The van der Waals surface area contributed by atoms with Crippen LogP contribution in [-0.2, 0) is 16.4 Å². The van der Waals surface area contributed by atoms with Crippen LogP contribution in [0.3, 0.4) is 0 Å². The molecule has 0 fully saturated rings. The molecule has 2 aromatic rings. The average Bonchev–Trinajstić information content (AvgIpc) is 3.05. The van der Waals surface area contributed by atoms with E-state index in [-0.39, 0.29) is 16.4 Å². The van der Waals surface area contributed by atoms with Crippen molar-refractivity contribution in [2.45, 2.75) is 11.3 Å². The molecule has 1 aromatic heterocycles. The molecule has 1 aliphatic rings. The molecule has 0 unspecified atom stereocenters. The highest BCUT2D eigenvalue weighted by Gasteiger charge is 2.20. The number of fused-ring (bicyclic) bond motifs is 1. The van der Waals surface area contributed by atoms with Crippen molar-refractivity contribution in [3.63, 3.8) is 0 Å². The van der Waals surface area contributed by atoms with E-state index in [1.165, 1.54) is 12.1 Å². The minimum atomic E-state index is -3.83. The van der Waals surface area contributed by atoms with E-state index in [4.69, 9.17) is 9.84 Å². The first kappa shape index (κ1) is 13.4. The summed E-state index contributed by atoms with van der Waals surface area (Å²) in [7, 11) is -3.83. The molecular formula is C12H11N3O5S. The van der Waals surface area contributed by atoms with Gasteiger partial charge in [-0.15, -0.1) is 0 Å². The van der Waals surface area contributed by atoms with Crippen LogP contribution in [0.2, 0.25) is 0 Å². The number of benzene rings is 1. The van der Waals surface area contributed by atoms with Crippen molar-refractivity contribution in [3.8, 4) is 5.75 Å². The number of carboxylic acid groups (broad SMARTS) is 1. The molecule has 0 aliphatic carbocycles. The van der Waals surface area contributed by atoms with Gasteiger partial charge in [-0.3, -0.25) is 9.82 Å². The third-order valence-corrected chi connectivity index (χ3v) is 4.37. The van der Waals surface area contributed by atoms with Gasteiger partial charge >= 0.3 is 5.97 Å². The van der Waals surface area contributed by atoms with Crippen molar-refractivity contribution < 1.29 is 23.1 Å². The lowest BCUT2D eigenvalue weighted by molar-refractivity contribution is 0.0690. The van der Waals surface area contributed by atoms with Crippen molar-refractivity contribution >= 4 is 21.8 Å². The van der Waals surface area contributed by atoms with E-state index < -0.39 is 16.0 Å². The summed E-state index contributed by atoms with van der Waals surface area (Å²) in [6.45, 7) is 0.535. The number of aromatic amines is 1. The lowest BCUT2D eigenvalue weighted by Gasteiger charge is -2.06. The van der Waals surface area contributed by atoms with Gasteiger partial charge in [0.25, 0.3) is 10.0 Å². The Bertz CT molecular complexity index is 812. The predicted octanol–water partition coefficient (Wildman–Crippen LogP) is 0.844. The second-order valence-electron chi connectivity index (χ2n) is 4.45. The molecule has 0 radical (unpaired) electrons. The number of carbonyl (C=O) groups is 1. The van der Waals surface area contributed by atoms with Crippen LogP contribution in [0.15, 0.2) is 29.2 Å². The number of anilines is 1. The van der Waals surface area contributed by atoms with Gasteiger partial charge in [-0.2, -0.15) is 5.10 Å². The Morgan fingerprint density at radius 3 is 2.90 bits per heavy atom. The van der Waals surface area contributed by atoms with Crippen LogP contribution < -0.4 is 9.46 Å². The Balaban J connectivity index is 1.88. The molecule has 1 aliphatic heterocycles. The molecule has 2 heterocycles. The van der Waals surface area contributed by atoms with Gasteiger partial charge in [-0.25, -0.2) is 13.2 Å². The number of ether oxygens (including phenoxy) is 1. The molecule has 0 bridgehead atoms. The van der Waals surface area contributed by atoms with E-state index >= 15 is 0 Å². The molecule has 0 saturated heterocycles. The molecule has 0 atom stereocenters. The van der Waals surface area contributed by atoms with Crippen LogP contribution in [0.25, 0.3) is 0 Å². The molecule has 3 rings (SSSR count). The first-order valence-corrected chi connectivity index (χ1v) is 7.51. The summed E-state index contributed by atoms with van der Waals surface area (Å²) in [6.07, 6.45) is 0.657. The molecule has 1 aromatic carbocycles. The van der Waals surface area contributed by atoms with Crippen molar-refractivity contribution in [2.24, 2.45) is 0 Å². The number of H-pyrrole nitrogens is 1. The monoisotopic (exact) mass is 309 g/mol. The summed E-state index contributed by atoms with van der Waals surface area (Å²) < 4.78 is 32.0. The van der Waals surface area contributed by atoms with Crippen LogP contribution in [0, 0.1) is 0 Å². The van der Waals surface area contributed by atoms with E-state index in [0.717, 1.165) is 11.6 Å². The van der Waals surface area contributed by atoms with Crippen molar-refractivity contribution in [2.75, 3.05) is 11.3 Å². The molecule has 21 heavy (non-hydrogen) atoms. The zero-order chi connectivity index (χ0) is 15.0. The second-order valence-corrected chi connectivity index (χ2v) is 6.13. The molecular weight excluding hydrogens is 298 g/mol. The molecule has 110 valence electrons. The standard InChI is InChI=1S/C12H11N3O5S/c16-12(17)9-6-11(14-13-9)15-21(18,19)8-1-2-10-7(5-8)3-4-20-10/h1-2,5-6H,3-4H2,(H,16,17)(H2,13,14,15). The number of aromatic carboxylic acids is 1. The van der Waals surface area contributed by atoms with Crippen LogP contribution >= 0.6 is 0 Å². The lowest BCUT2D eigenvalue weighted by Crippen LogP contribution is -2.13. The van der Waals surface area contributed by atoms with Gasteiger partial charge < -0.3 is 9.84 Å². The summed E-state index contributed by atoms with van der Waals surface area (Å²) in [6, 6.07) is 5.67. The Kier molecular flexibility index (Phi) is 3.05. The van der Waals surface area contributed by atoms with Gasteiger partial charge in [-0.1, -0.05) is 0 Å². The van der Waals surface area contributed by atoms with Crippen LogP contribution in [0.4, 0.5) is 5.82 Å². The van der Waals surface area contributed by atoms with Crippen molar-refractivity contribution in [1.82, 2.24) is 10.2 Å². The Labute approximate surface area is 119 Å². The van der Waals surface area contributed by atoms with E-state index in [9.17, 15) is 13.2 Å². The number of aromatic nitrogens is 2. The average molecular weight is 309 g/mol. The first-order chi connectivity index (χ1) is 9.95. The maximum absolute atomic E-state index is 12.2. The third-order valence-electron chi connectivity index (χ3n) is 3.02. The number of sulfonamides is 1. The predicted molar refractivity (Wildman–Crippen MR) is 72.0 cm³/mol. The molecule has 0 amide bonds. The Morgan fingerprint density at radius 2 is 2.19 bits per heavy atom. The quantitative estimate of drug-likeness (QED) is 0.769. The highest BCUT2D eigenvalue weighted by atomic mass is 32.2. The van der Waals surface area contributed by atoms with Gasteiger partial charge in [0, 0.05) is 12.5 Å². The minimum Gasteiger partial charge on any atom is -0.493 e. The maximum Gasteiger partial charge on any atom is 0.353 e. The number of carboxylic acids is 1. The zero-order valence-electron chi connectivity index (χ0n) is 10.7. The molecule has 8 nitrogen and oxygen atoms in total. The Hall–Kier alpha value is -2.55. The summed E-state index contributed by atoms with van der Waals surface area (Å²) in [5.74, 6) is -0.617. The van der Waals surface area contributed by atoms with Gasteiger partial charge in [0.1, 0.15) is 11.4 Å². The van der Waals surface area contributed by atoms with Gasteiger partial charge in [-0.05, 0) is 23.8 Å². The molecule has 9 heteroatoms. The summed E-state index contributed by atoms with van der Waals surface area (Å²) in [5, 5.41) is 14.6. The SMILES string of the molecule is O=C(O)c1cc(NS(=O)(=O)c2ccc3c(c2)CCO3)n[nH]1. The van der Waals surface area contributed by atoms with E-state index in [2.05, 4.69) is 14.9 Å². The van der Waals surface area contributed by atoms with Gasteiger partial charge in [0.05, 0.1) is 11.5 Å². The number of hydrogen-bond donors (Lipinski definition) is 3. The fourth-order valence-corrected chi connectivity index (χ4v) is 3.05. The van der Waals surface area contributed by atoms with Crippen molar-refractivity contribution in [1.29, 1.82) is 0 Å². The summed E-state index contributed by atoms with van der Waals surface area (Å²) >= 11 is 0. The largest absolute Gasteiger partial charge is 0.493 e. The number of nitrogens with zero attached hydrogens (tertiary/aromatic N) is 1. The van der Waals surface area contributed by atoms with Crippen LogP contribution in [-0.4, -0.2) is 36.3 Å². The molecule has 3 N–H and O–H groups in total. The lowest BCUT2D eigenvalue weighted by atomic mass is 10.2. The van der Waals surface area contributed by atoms with E-state index in [1.54, 1.807) is 6.07 Å². The molecule has 0 saturated carbocycles. The van der Waals surface area contributed by atoms with E-state index in [1.807, 2.05) is 0 Å². The smallest absolute Gasteiger partial charge is 0.353 e. The summed E-state index contributed by atoms with van der Waals surface area (Å²) in [5.41, 5.74) is 0.626. The number of rotatable bonds is 4. The summed E-state index contributed by atoms with van der Waals surface area (Å²) in [4.78, 5) is 10.8. The first-order valence-electron chi connectivity index (χ1n) is 6.03. The Morgan fingerprint density at radius 1 is 1.38 bits per heavy atom. The topological polar surface area (TPSA) is 121 Å². The van der Waals surface area contributed by atoms with Crippen molar-refractivity contribution in [3.05, 3.63) is 35.5 Å². The zero-order valence-corrected chi connectivity index (χ0v) is 11.5. The maximum atomic E-state index is 12.2. The highest BCUT2D eigenvalue weighted by molar-refractivity contribution is 7.92. The fourth-order valence-electron chi connectivity index (χ4n) is 2.01. The van der Waals surface area contributed by atoms with Crippen LogP contribution in [0.1, 0.15) is 16.1 Å². The van der Waals surface area contributed by atoms with Gasteiger partial charge in [0.2, 0.25) is 0 Å². The number of nitrogens with one attached hydrogen (secondary N) is 2. The van der Waals surface area contributed by atoms with Crippen LogP contribution in [0.5, 0.6) is 5.75 Å². The second kappa shape index (κ2) is 4.77. The fraction of sp³-hybridized carbons (Fsp3) is 0.167. The van der Waals surface area contributed by atoms with E-state index in [0.29, 0.717) is 18.8 Å². The third kappa shape index (κ3) is 2.55. The highest BCUT2D eigenvalue weighted by Crippen LogP contribution is 2.28.